The molecule has 0 radical (unpaired) electrons. The van der Waals surface area contributed by atoms with Crippen molar-refractivity contribution in [2.45, 2.75) is 64.6 Å². The van der Waals surface area contributed by atoms with Gasteiger partial charge in [0.15, 0.2) is 0 Å². The van der Waals surface area contributed by atoms with Crippen molar-refractivity contribution >= 4 is 17.5 Å². The average Bonchev–Trinajstić information content (AvgIpc) is 2.37. The highest BCUT2D eigenvalue weighted by molar-refractivity contribution is 6.39. The number of nitrogens with two attached hydrogens (primary N) is 1. The molecule has 2 amide bonds. The predicted molar refractivity (Wildman–Crippen MR) is 91.1 cm³/mol. The lowest BCUT2D eigenvalue weighted by atomic mass is 9.79. The SMILES string of the molecule is Cc1ccc(NC(=O)C(=O)NC2CC(C)(C)[NH2+]C(C)(C)C2)cc1. The lowest BCUT2D eigenvalue weighted by molar-refractivity contribution is -0.787. The first-order valence-electron chi connectivity index (χ1n) is 8.12. The van der Waals surface area contributed by atoms with Crippen molar-refractivity contribution < 1.29 is 14.9 Å². The summed E-state index contributed by atoms with van der Waals surface area (Å²) in [5.41, 5.74) is 1.84. The molecular formula is C18H28N3O2+. The van der Waals surface area contributed by atoms with E-state index in [1.165, 1.54) is 0 Å². The second kappa shape index (κ2) is 6.32. The van der Waals surface area contributed by atoms with Gasteiger partial charge in [-0.25, -0.2) is 0 Å². The number of hydrogen-bond acceptors (Lipinski definition) is 2. The van der Waals surface area contributed by atoms with E-state index < -0.39 is 11.8 Å². The van der Waals surface area contributed by atoms with Crippen molar-refractivity contribution in [3.63, 3.8) is 0 Å². The first-order chi connectivity index (χ1) is 10.6. The first kappa shape index (κ1) is 17.5. The highest BCUT2D eigenvalue weighted by Crippen LogP contribution is 2.21. The van der Waals surface area contributed by atoms with Gasteiger partial charge >= 0.3 is 11.8 Å². The van der Waals surface area contributed by atoms with E-state index in [0.29, 0.717) is 5.69 Å². The normalized spacial score (nSPS) is 19.9. The lowest BCUT2D eigenvalue weighted by Gasteiger charge is -2.43. The minimum absolute atomic E-state index is 0.0151. The molecule has 1 aromatic rings. The molecule has 0 aliphatic carbocycles. The second-order valence-corrected chi connectivity index (χ2v) is 8.02. The minimum Gasteiger partial charge on any atom is -0.345 e. The van der Waals surface area contributed by atoms with Crippen LogP contribution in [0.5, 0.6) is 0 Å². The van der Waals surface area contributed by atoms with Gasteiger partial charge in [0.2, 0.25) is 0 Å². The van der Waals surface area contributed by atoms with E-state index in [0.717, 1.165) is 18.4 Å². The molecule has 23 heavy (non-hydrogen) atoms. The van der Waals surface area contributed by atoms with Gasteiger partial charge < -0.3 is 16.0 Å². The van der Waals surface area contributed by atoms with Crippen molar-refractivity contribution in [2.75, 3.05) is 5.32 Å². The van der Waals surface area contributed by atoms with Gasteiger partial charge in [0, 0.05) is 24.6 Å². The number of quaternary nitrogens is 1. The van der Waals surface area contributed by atoms with Crippen LogP contribution in [0.3, 0.4) is 0 Å². The summed E-state index contributed by atoms with van der Waals surface area (Å²) in [6.45, 7) is 10.6. The van der Waals surface area contributed by atoms with E-state index >= 15 is 0 Å². The number of amides is 2. The molecule has 0 unspecified atom stereocenters. The maximum absolute atomic E-state index is 12.2. The molecule has 5 nitrogen and oxygen atoms in total. The number of carbonyl (C=O) groups is 2. The van der Waals surface area contributed by atoms with Crippen LogP contribution in [0.1, 0.15) is 46.1 Å². The third-order valence-corrected chi connectivity index (χ3v) is 4.18. The average molecular weight is 318 g/mol. The standard InChI is InChI=1S/C18H27N3O2/c1-12-6-8-13(9-7-12)19-15(22)16(23)20-14-10-17(2,3)21-18(4,5)11-14/h6-9,14,21H,10-11H2,1-5H3,(H,19,22)(H,20,23)/p+1. The fraction of sp³-hybridized carbons (Fsp3) is 0.556. The summed E-state index contributed by atoms with van der Waals surface area (Å²) in [4.78, 5) is 24.2. The number of carbonyl (C=O) groups excluding carboxylic acids is 2. The van der Waals surface area contributed by atoms with Crippen LogP contribution in [0.4, 0.5) is 5.69 Å². The van der Waals surface area contributed by atoms with Gasteiger partial charge in [0.25, 0.3) is 0 Å². The summed E-state index contributed by atoms with van der Waals surface area (Å²) in [5.74, 6) is -1.18. The zero-order chi connectivity index (χ0) is 17.3. The molecule has 2 rings (SSSR count). The van der Waals surface area contributed by atoms with E-state index in [-0.39, 0.29) is 17.1 Å². The molecule has 0 bridgehead atoms. The lowest BCUT2D eigenvalue weighted by Crippen LogP contribution is -3.06. The van der Waals surface area contributed by atoms with Crippen LogP contribution in [-0.4, -0.2) is 28.9 Å². The van der Waals surface area contributed by atoms with Crippen LogP contribution in [0.2, 0.25) is 0 Å². The predicted octanol–water partition coefficient (Wildman–Crippen LogP) is 1.33. The Labute approximate surface area is 138 Å². The zero-order valence-electron chi connectivity index (χ0n) is 14.7. The molecule has 1 aliphatic heterocycles. The van der Waals surface area contributed by atoms with E-state index in [2.05, 4.69) is 43.6 Å². The van der Waals surface area contributed by atoms with Gasteiger partial charge in [-0.2, -0.15) is 0 Å². The smallest absolute Gasteiger partial charge is 0.313 e. The molecule has 0 atom stereocenters. The molecule has 1 fully saturated rings. The maximum atomic E-state index is 12.2. The molecule has 1 aliphatic rings. The summed E-state index contributed by atoms with van der Waals surface area (Å²) >= 11 is 0. The minimum atomic E-state index is -0.612. The highest BCUT2D eigenvalue weighted by atomic mass is 16.2. The van der Waals surface area contributed by atoms with Gasteiger partial charge in [0.05, 0.1) is 11.1 Å². The number of rotatable bonds is 2. The number of benzene rings is 1. The van der Waals surface area contributed by atoms with Crippen LogP contribution >= 0.6 is 0 Å². The third-order valence-electron chi connectivity index (χ3n) is 4.18. The van der Waals surface area contributed by atoms with Gasteiger partial charge in [-0.1, -0.05) is 17.7 Å². The third kappa shape index (κ3) is 5.06. The topological polar surface area (TPSA) is 74.8 Å². The Bertz CT molecular complexity index is 575. The Kier molecular flexibility index (Phi) is 4.80. The van der Waals surface area contributed by atoms with Gasteiger partial charge in [-0.3, -0.25) is 9.59 Å². The van der Waals surface area contributed by atoms with Crippen LogP contribution in [-0.2, 0) is 9.59 Å². The van der Waals surface area contributed by atoms with Crippen LogP contribution in [0, 0.1) is 6.92 Å². The largest absolute Gasteiger partial charge is 0.345 e. The van der Waals surface area contributed by atoms with Crippen LogP contribution < -0.4 is 16.0 Å². The van der Waals surface area contributed by atoms with Crippen molar-refractivity contribution in [3.05, 3.63) is 29.8 Å². The Balaban J connectivity index is 1.95. The zero-order valence-corrected chi connectivity index (χ0v) is 14.7. The molecule has 4 N–H and O–H groups in total. The van der Waals surface area contributed by atoms with Crippen molar-refractivity contribution in [1.29, 1.82) is 0 Å². The molecule has 0 aromatic heterocycles. The van der Waals surface area contributed by atoms with Gasteiger partial charge in [-0.15, -0.1) is 0 Å². The van der Waals surface area contributed by atoms with Crippen molar-refractivity contribution in [2.24, 2.45) is 0 Å². The second-order valence-electron chi connectivity index (χ2n) is 8.02. The quantitative estimate of drug-likeness (QED) is 0.720. The van der Waals surface area contributed by atoms with Crippen molar-refractivity contribution in [1.82, 2.24) is 5.32 Å². The monoisotopic (exact) mass is 318 g/mol. The molecule has 1 aromatic carbocycles. The van der Waals surface area contributed by atoms with E-state index in [9.17, 15) is 9.59 Å². The Morgan fingerprint density at radius 1 is 1.00 bits per heavy atom. The number of anilines is 1. The van der Waals surface area contributed by atoms with Crippen molar-refractivity contribution in [3.8, 4) is 0 Å². The molecule has 5 heteroatoms. The van der Waals surface area contributed by atoms with Crippen LogP contribution in [0.15, 0.2) is 24.3 Å². The fourth-order valence-electron chi connectivity index (χ4n) is 3.70. The molecule has 126 valence electrons. The molecule has 1 heterocycles. The van der Waals surface area contributed by atoms with E-state index in [1.54, 1.807) is 12.1 Å². The summed E-state index contributed by atoms with van der Waals surface area (Å²) in [5, 5.41) is 7.87. The summed E-state index contributed by atoms with van der Waals surface area (Å²) < 4.78 is 0. The number of piperidine rings is 1. The number of aryl methyl sites for hydroxylation is 1. The Morgan fingerprint density at radius 3 is 2.04 bits per heavy atom. The van der Waals surface area contributed by atoms with Crippen LogP contribution in [0.25, 0.3) is 0 Å². The summed E-state index contributed by atoms with van der Waals surface area (Å²) in [7, 11) is 0. The van der Waals surface area contributed by atoms with Gasteiger partial charge in [0.1, 0.15) is 0 Å². The molecule has 0 saturated carbocycles. The fourth-order valence-corrected chi connectivity index (χ4v) is 3.70. The maximum Gasteiger partial charge on any atom is 0.313 e. The number of nitrogens with one attached hydrogen (secondary N) is 2. The Hall–Kier alpha value is -1.88. The summed E-state index contributed by atoms with van der Waals surface area (Å²) in [6, 6.07) is 7.40. The van der Waals surface area contributed by atoms with E-state index in [4.69, 9.17) is 0 Å². The number of hydrogen-bond donors (Lipinski definition) is 3. The molecular weight excluding hydrogens is 290 g/mol. The highest BCUT2D eigenvalue weighted by Gasteiger charge is 2.42. The first-order valence-corrected chi connectivity index (χ1v) is 8.12. The molecule has 0 spiro atoms. The van der Waals surface area contributed by atoms with E-state index in [1.807, 2.05) is 19.1 Å². The molecule has 1 saturated heterocycles. The van der Waals surface area contributed by atoms with Gasteiger partial charge in [-0.05, 0) is 46.8 Å². The summed E-state index contributed by atoms with van der Waals surface area (Å²) in [6.07, 6.45) is 1.69. The Morgan fingerprint density at radius 2 is 1.52 bits per heavy atom.